The first-order valence-corrected chi connectivity index (χ1v) is 7.37. The molecule has 2 rings (SSSR count). The molecule has 5 nitrogen and oxygen atoms in total. The second-order valence-corrected chi connectivity index (χ2v) is 5.76. The van der Waals surface area contributed by atoms with Gasteiger partial charge in [0.25, 0.3) is 11.8 Å². The van der Waals surface area contributed by atoms with Crippen LogP contribution in [0.15, 0.2) is 18.2 Å². The van der Waals surface area contributed by atoms with E-state index >= 15 is 0 Å². The molecule has 1 aromatic carbocycles. The first-order chi connectivity index (χ1) is 9.90. The molecule has 1 atom stereocenters. The van der Waals surface area contributed by atoms with E-state index in [1.807, 2.05) is 0 Å². The zero-order chi connectivity index (χ0) is 15.6. The first kappa shape index (κ1) is 16.1. The van der Waals surface area contributed by atoms with Gasteiger partial charge in [0.05, 0.1) is 10.6 Å². The smallest absolute Gasteiger partial charge is 0.255 e. The Labute approximate surface area is 133 Å². The van der Waals surface area contributed by atoms with E-state index in [-0.39, 0.29) is 11.8 Å². The molecular weight excluding hydrogens is 315 g/mol. The number of piperazine rings is 1. The quantitative estimate of drug-likeness (QED) is 0.897. The minimum Gasteiger partial charge on any atom is -0.384 e. The van der Waals surface area contributed by atoms with E-state index in [1.54, 1.807) is 21.9 Å². The van der Waals surface area contributed by atoms with Crippen LogP contribution >= 0.6 is 23.2 Å². The highest BCUT2D eigenvalue weighted by atomic mass is 35.5. The maximum atomic E-state index is 12.4. The summed E-state index contributed by atoms with van der Waals surface area (Å²) in [7, 11) is 0. The van der Waals surface area contributed by atoms with Crippen molar-refractivity contribution in [3.63, 3.8) is 0 Å². The van der Waals surface area contributed by atoms with Gasteiger partial charge >= 0.3 is 0 Å². The third kappa shape index (κ3) is 3.67. The van der Waals surface area contributed by atoms with Crippen molar-refractivity contribution in [3.05, 3.63) is 33.8 Å². The first-order valence-electron chi connectivity index (χ1n) is 6.61. The van der Waals surface area contributed by atoms with E-state index in [0.717, 1.165) is 0 Å². The lowest BCUT2D eigenvalue weighted by atomic mass is 10.1. The molecule has 1 aliphatic heterocycles. The van der Waals surface area contributed by atoms with E-state index in [4.69, 9.17) is 23.2 Å². The number of carbonyl (C=O) groups is 2. The fraction of sp³-hybridized carbons (Fsp3) is 0.429. The van der Waals surface area contributed by atoms with Crippen molar-refractivity contribution in [2.75, 3.05) is 26.2 Å². The molecular formula is C14H16Cl2N2O3. The second kappa shape index (κ2) is 6.64. The van der Waals surface area contributed by atoms with Gasteiger partial charge in [0, 0.05) is 31.2 Å². The molecule has 0 saturated carbocycles. The Hall–Kier alpha value is -1.30. The lowest BCUT2D eigenvalue weighted by Gasteiger charge is -2.35. The normalized spacial score (nSPS) is 16.8. The molecule has 21 heavy (non-hydrogen) atoms. The topological polar surface area (TPSA) is 60.9 Å². The van der Waals surface area contributed by atoms with Gasteiger partial charge in [-0.05, 0) is 25.1 Å². The number of amides is 2. The number of halogens is 2. The number of hydrogen-bond acceptors (Lipinski definition) is 3. The molecule has 2 amide bonds. The highest BCUT2D eigenvalue weighted by Crippen LogP contribution is 2.22. The summed E-state index contributed by atoms with van der Waals surface area (Å²) in [6.07, 6.45) is -1.02. The number of rotatable bonds is 2. The van der Waals surface area contributed by atoms with Crippen molar-refractivity contribution in [1.29, 1.82) is 0 Å². The molecule has 0 bridgehead atoms. The monoisotopic (exact) mass is 330 g/mol. The predicted molar refractivity (Wildman–Crippen MR) is 80.6 cm³/mol. The summed E-state index contributed by atoms with van der Waals surface area (Å²) in [6, 6.07) is 4.75. The molecule has 1 heterocycles. The van der Waals surface area contributed by atoms with Gasteiger partial charge in [-0.2, -0.15) is 0 Å². The Morgan fingerprint density at radius 3 is 2.24 bits per heavy atom. The Kier molecular flexibility index (Phi) is 5.08. The van der Waals surface area contributed by atoms with Crippen molar-refractivity contribution < 1.29 is 14.7 Å². The number of hydrogen-bond donors (Lipinski definition) is 1. The van der Waals surface area contributed by atoms with Crippen molar-refractivity contribution in [1.82, 2.24) is 9.80 Å². The lowest BCUT2D eigenvalue weighted by Crippen LogP contribution is -2.52. The van der Waals surface area contributed by atoms with Crippen molar-refractivity contribution in [2.24, 2.45) is 0 Å². The fourth-order valence-electron chi connectivity index (χ4n) is 2.23. The molecule has 1 aliphatic rings. The molecule has 0 aromatic heterocycles. The van der Waals surface area contributed by atoms with Crippen LogP contribution < -0.4 is 0 Å². The molecule has 114 valence electrons. The standard InChI is InChI=1S/C14H16Cl2N2O3/c1-9(19)13(20)17-4-6-18(7-5-17)14(21)11-3-2-10(15)8-12(11)16/h2-3,8-9,19H,4-7H2,1H3. The van der Waals surface area contributed by atoms with Crippen LogP contribution in [-0.2, 0) is 4.79 Å². The molecule has 7 heteroatoms. The highest BCUT2D eigenvalue weighted by Gasteiger charge is 2.27. The van der Waals surface area contributed by atoms with E-state index in [0.29, 0.717) is 41.8 Å². The van der Waals surface area contributed by atoms with Gasteiger partial charge in [-0.25, -0.2) is 0 Å². The van der Waals surface area contributed by atoms with Gasteiger partial charge in [0.1, 0.15) is 6.10 Å². The number of aliphatic hydroxyl groups is 1. The van der Waals surface area contributed by atoms with Gasteiger partial charge in [-0.15, -0.1) is 0 Å². The number of aliphatic hydroxyl groups excluding tert-OH is 1. The molecule has 0 radical (unpaired) electrons. The summed E-state index contributed by atoms with van der Waals surface area (Å²) in [5, 5.41) is 10.1. The SMILES string of the molecule is CC(O)C(=O)N1CCN(C(=O)c2ccc(Cl)cc2Cl)CC1. The van der Waals surface area contributed by atoms with E-state index in [9.17, 15) is 14.7 Å². The summed E-state index contributed by atoms with van der Waals surface area (Å²) in [5.41, 5.74) is 0.399. The lowest BCUT2D eigenvalue weighted by molar-refractivity contribution is -0.140. The maximum absolute atomic E-state index is 12.4. The number of carbonyl (C=O) groups excluding carboxylic acids is 2. The average Bonchev–Trinajstić information content (AvgIpc) is 2.46. The van der Waals surface area contributed by atoms with Crippen molar-refractivity contribution in [2.45, 2.75) is 13.0 Å². The zero-order valence-electron chi connectivity index (χ0n) is 11.6. The average molecular weight is 331 g/mol. The maximum Gasteiger partial charge on any atom is 0.255 e. The third-order valence-electron chi connectivity index (χ3n) is 3.40. The van der Waals surface area contributed by atoms with Gasteiger partial charge in [-0.3, -0.25) is 9.59 Å². The van der Waals surface area contributed by atoms with Crippen LogP contribution in [0.1, 0.15) is 17.3 Å². The summed E-state index contributed by atoms with van der Waals surface area (Å²) in [6.45, 7) is 3.07. The summed E-state index contributed by atoms with van der Waals surface area (Å²) >= 11 is 11.8. The molecule has 1 fully saturated rings. The summed E-state index contributed by atoms with van der Waals surface area (Å²) < 4.78 is 0. The third-order valence-corrected chi connectivity index (χ3v) is 3.95. The highest BCUT2D eigenvalue weighted by molar-refractivity contribution is 6.36. The van der Waals surface area contributed by atoms with E-state index in [1.165, 1.54) is 13.0 Å². The summed E-state index contributed by atoms with van der Waals surface area (Å²) in [5.74, 6) is -0.493. The van der Waals surface area contributed by atoms with Gasteiger partial charge in [-0.1, -0.05) is 23.2 Å². The van der Waals surface area contributed by atoms with Crippen LogP contribution in [0.25, 0.3) is 0 Å². The van der Waals surface area contributed by atoms with Crippen molar-refractivity contribution in [3.8, 4) is 0 Å². The summed E-state index contributed by atoms with van der Waals surface area (Å²) in [4.78, 5) is 27.3. The van der Waals surface area contributed by atoms with Gasteiger partial charge in [0.15, 0.2) is 0 Å². The van der Waals surface area contributed by atoms with Crippen LogP contribution in [0.2, 0.25) is 10.0 Å². The fourth-order valence-corrected chi connectivity index (χ4v) is 2.72. The van der Waals surface area contributed by atoms with E-state index < -0.39 is 6.10 Å². The number of benzene rings is 1. The van der Waals surface area contributed by atoms with Crippen LogP contribution in [0.5, 0.6) is 0 Å². The zero-order valence-corrected chi connectivity index (χ0v) is 13.1. The van der Waals surface area contributed by atoms with Crippen molar-refractivity contribution >= 4 is 35.0 Å². The Bertz CT molecular complexity index is 555. The Morgan fingerprint density at radius 2 is 1.71 bits per heavy atom. The van der Waals surface area contributed by atoms with E-state index in [2.05, 4.69) is 0 Å². The second-order valence-electron chi connectivity index (χ2n) is 4.92. The van der Waals surface area contributed by atoms with Crippen LogP contribution in [0, 0.1) is 0 Å². The minimum atomic E-state index is -1.02. The van der Waals surface area contributed by atoms with Crippen LogP contribution in [0.4, 0.5) is 0 Å². The number of nitrogens with zero attached hydrogens (tertiary/aromatic N) is 2. The predicted octanol–water partition coefficient (Wildman–Crippen LogP) is 1.66. The Morgan fingerprint density at radius 1 is 1.14 bits per heavy atom. The Balaban J connectivity index is 2.02. The minimum absolute atomic E-state index is 0.180. The molecule has 0 aliphatic carbocycles. The van der Waals surface area contributed by atoms with Crippen LogP contribution in [0.3, 0.4) is 0 Å². The van der Waals surface area contributed by atoms with Gasteiger partial charge < -0.3 is 14.9 Å². The molecule has 0 spiro atoms. The molecule has 1 unspecified atom stereocenters. The molecule has 1 N–H and O–H groups in total. The van der Waals surface area contributed by atoms with Crippen LogP contribution in [-0.4, -0.2) is 59.0 Å². The molecule has 1 aromatic rings. The van der Waals surface area contributed by atoms with Gasteiger partial charge in [0.2, 0.25) is 0 Å². The largest absolute Gasteiger partial charge is 0.384 e. The molecule has 1 saturated heterocycles.